The van der Waals surface area contributed by atoms with E-state index in [0.29, 0.717) is 6.42 Å². The molecule has 0 fully saturated rings. The highest BCUT2D eigenvalue weighted by atomic mass is 16.5. The summed E-state index contributed by atoms with van der Waals surface area (Å²) in [7, 11) is 0. The lowest BCUT2D eigenvalue weighted by atomic mass is 9.88. The Kier molecular flexibility index (Phi) is 6.89. The summed E-state index contributed by atoms with van der Waals surface area (Å²) in [6.07, 6.45) is 0.385. The number of esters is 1. The van der Waals surface area contributed by atoms with Crippen LogP contribution in [0.4, 0.5) is 4.79 Å². The van der Waals surface area contributed by atoms with Gasteiger partial charge in [0.1, 0.15) is 6.04 Å². The van der Waals surface area contributed by atoms with Crippen LogP contribution in [0.1, 0.15) is 34.1 Å². The summed E-state index contributed by atoms with van der Waals surface area (Å²) in [4.78, 5) is 33.8. The molecule has 2 unspecified atom stereocenters. The smallest absolute Gasteiger partial charge is 0.328 e. The SMILES string of the molecule is CCOC(=O)C(C)NC(=O)NCC(C)(CC)C(=O)O. The molecular formula is C12H22N2O5. The Morgan fingerprint density at radius 1 is 1.32 bits per heavy atom. The van der Waals surface area contributed by atoms with E-state index in [9.17, 15) is 14.4 Å². The molecule has 2 amide bonds. The lowest BCUT2D eigenvalue weighted by Crippen LogP contribution is -2.49. The standard InChI is InChI=1S/C12H22N2O5/c1-5-12(4,10(16)17)7-13-11(18)14-8(3)9(15)19-6-2/h8H,5-7H2,1-4H3,(H,16,17)(H2,13,14,18). The zero-order chi connectivity index (χ0) is 15.1. The van der Waals surface area contributed by atoms with E-state index in [-0.39, 0.29) is 13.2 Å². The van der Waals surface area contributed by atoms with E-state index in [1.807, 2.05) is 0 Å². The van der Waals surface area contributed by atoms with Gasteiger partial charge in [-0.2, -0.15) is 0 Å². The minimum Gasteiger partial charge on any atom is -0.481 e. The van der Waals surface area contributed by atoms with Crippen molar-refractivity contribution in [2.75, 3.05) is 13.2 Å². The third-order valence-electron chi connectivity index (χ3n) is 2.92. The van der Waals surface area contributed by atoms with E-state index >= 15 is 0 Å². The van der Waals surface area contributed by atoms with Gasteiger partial charge in [-0.05, 0) is 27.2 Å². The molecule has 7 nitrogen and oxygen atoms in total. The Labute approximate surface area is 112 Å². The monoisotopic (exact) mass is 274 g/mol. The summed E-state index contributed by atoms with van der Waals surface area (Å²) >= 11 is 0. The Balaban J connectivity index is 4.26. The van der Waals surface area contributed by atoms with Crippen molar-refractivity contribution in [2.45, 2.75) is 40.2 Å². The van der Waals surface area contributed by atoms with Crippen LogP contribution in [0.3, 0.4) is 0 Å². The van der Waals surface area contributed by atoms with Crippen molar-refractivity contribution in [1.29, 1.82) is 0 Å². The zero-order valence-electron chi connectivity index (χ0n) is 11.8. The highest BCUT2D eigenvalue weighted by molar-refractivity contribution is 5.83. The van der Waals surface area contributed by atoms with Gasteiger partial charge in [-0.1, -0.05) is 6.92 Å². The maximum Gasteiger partial charge on any atom is 0.328 e. The number of carboxylic acid groups (broad SMARTS) is 1. The summed E-state index contributed by atoms with van der Waals surface area (Å²) in [5.41, 5.74) is -1.02. The molecule has 0 heterocycles. The molecule has 0 aliphatic rings. The molecule has 0 saturated heterocycles. The number of rotatable bonds is 7. The fourth-order valence-corrected chi connectivity index (χ4v) is 1.20. The number of urea groups is 1. The summed E-state index contributed by atoms with van der Waals surface area (Å²) in [5.74, 6) is -1.51. The number of hydrogen-bond donors (Lipinski definition) is 3. The average molecular weight is 274 g/mol. The molecule has 0 spiro atoms. The molecule has 0 aliphatic heterocycles. The van der Waals surface area contributed by atoms with Crippen LogP contribution in [-0.4, -0.2) is 42.3 Å². The molecule has 110 valence electrons. The first kappa shape index (κ1) is 17.2. The molecule has 0 bridgehead atoms. The van der Waals surface area contributed by atoms with Crippen molar-refractivity contribution >= 4 is 18.0 Å². The number of nitrogens with one attached hydrogen (secondary N) is 2. The minimum absolute atomic E-state index is 0.0137. The topological polar surface area (TPSA) is 105 Å². The molecule has 7 heteroatoms. The van der Waals surface area contributed by atoms with Crippen LogP contribution >= 0.6 is 0 Å². The predicted molar refractivity (Wildman–Crippen MR) is 68.7 cm³/mol. The van der Waals surface area contributed by atoms with Gasteiger partial charge in [0.25, 0.3) is 0 Å². The largest absolute Gasteiger partial charge is 0.481 e. The number of carboxylic acids is 1. The Bertz CT molecular complexity index is 345. The molecule has 0 aromatic rings. The van der Waals surface area contributed by atoms with Crippen molar-refractivity contribution < 1.29 is 24.2 Å². The molecule has 0 aliphatic carbocycles. The molecule has 3 N–H and O–H groups in total. The first-order valence-corrected chi connectivity index (χ1v) is 6.21. The van der Waals surface area contributed by atoms with Gasteiger partial charge in [0.2, 0.25) is 0 Å². The van der Waals surface area contributed by atoms with Gasteiger partial charge in [-0.3, -0.25) is 4.79 Å². The molecule has 0 rings (SSSR count). The highest BCUT2D eigenvalue weighted by Crippen LogP contribution is 2.19. The second-order valence-electron chi connectivity index (χ2n) is 4.52. The molecule has 0 aromatic heterocycles. The molecule has 2 atom stereocenters. The van der Waals surface area contributed by atoms with Crippen LogP contribution in [0.25, 0.3) is 0 Å². The van der Waals surface area contributed by atoms with Crippen molar-refractivity contribution in [3.05, 3.63) is 0 Å². The number of aliphatic carboxylic acids is 1. The first-order valence-electron chi connectivity index (χ1n) is 6.21. The molecular weight excluding hydrogens is 252 g/mol. The van der Waals surface area contributed by atoms with Gasteiger partial charge in [-0.25, -0.2) is 9.59 Å². The predicted octanol–water partition coefficient (Wildman–Crippen LogP) is 0.738. The number of hydrogen-bond acceptors (Lipinski definition) is 4. The fraction of sp³-hybridized carbons (Fsp3) is 0.750. The van der Waals surface area contributed by atoms with Crippen LogP contribution in [0.2, 0.25) is 0 Å². The van der Waals surface area contributed by atoms with Gasteiger partial charge in [0.05, 0.1) is 12.0 Å². The van der Waals surface area contributed by atoms with Gasteiger partial charge >= 0.3 is 18.0 Å². The van der Waals surface area contributed by atoms with Crippen molar-refractivity contribution in [3.63, 3.8) is 0 Å². The van der Waals surface area contributed by atoms with Gasteiger partial charge in [0, 0.05) is 6.54 Å². The maximum atomic E-state index is 11.5. The Hall–Kier alpha value is -1.79. The molecule has 0 radical (unpaired) electrons. The van der Waals surface area contributed by atoms with Crippen molar-refractivity contribution in [3.8, 4) is 0 Å². The number of ether oxygens (including phenoxy) is 1. The second kappa shape index (κ2) is 7.60. The van der Waals surface area contributed by atoms with E-state index in [1.165, 1.54) is 6.92 Å². The molecule has 19 heavy (non-hydrogen) atoms. The Morgan fingerprint density at radius 2 is 1.89 bits per heavy atom. The summed E-state index contributed by atoms with van der Waals surface area (Å²) in [6, 6.07) is -1.38. The third-order valence-corrected chi connectivity index (χ3v) is 2.92. The van der Waals surface area contributed by atoms with Crippen molar-refractivity contribution in [1.82, 2.24) is 10.6 Å². The van der Waals surface area contributed by atoms with Gasteiger partial charge in [0.15, 0.2) is 0 Å². The molecule has 0 aromatic carbocycles. The van der Waals surface area contributed by atoms with Crippen LogP contribution in [0, 0.1) is 5.41 Å². The number of carbonyl (C=O) groups excluding carboxylic acids is 2. The first-order chi connectivity index (χ1) is 8.76. The summed E-state index contributed by atoms with van der Waals surface area (Å²) in [6.45, 7) is 6.66. The van der Waals surface area contributed by atoms with Gasteiger partial charge < -0.3 is 20.5 Å². The second-order valence-corrected chi connectivity index (χ2v) is 4.52. The van der Waals surface area contributed by atoms with E-state index in [2.05, 4.69) is 10.6 Å². The number of amides is 2. The van der Waals surface area contributed by atoms with E-state index in [0.717, 1.165) is 0 Å². The van der Waals surface area contributed by atoms with Crippen LogP contribution in [0.5, 0.6) is 0 Å². The van der Waals surface area contributed by atoms with Crippen LogP contribution < -0.4 is 10.6 Å². The zero-order valence-corrected chi connectivity index (χ0v) is 11.8. The van der Waals surface area contributed by atoms with E-state index in [4.69, 9.17) is 9.84 Å². The number of carbonyl (C=O) groups is 3. The fourth-order valence-electron chi connectivity index (χ4n) is 1.20. The lowest BCUT2D eigenvalue weighted by molar-refractivity contribution is -0.148. The minimum atomic E-state index is -1.02. The van der Waals surface area contributed by atoms with Crippen molar-refractivity contribution in [2.24, 2.45) is 5.41 Å². The molecule has 0 saturated carbocycles. The van der Waals surface area contributed by atoms with E-state index < -0.39 is 29.4 Å². The Morgan fingerprint density at radius 3 is 2.32 bits per heavy atom. The lowest BCUT2D eigenvalue weighted by Gasteiger charge is -2.23. The average Bonchev–Trinajstić information content (AvgIpc) is 2.35. The normalized spacial score (nSPS) is 14.9. The summed E-state index contributed by atoms with van der Waals surface area (Å²) < 4.78 is 4.73. The maximum absolute atomic E-state index is 11.5. The summed E-state index contributed by atoms with van der Waals surface area (Å²) in [5, 5.41) is 13.9. The van der Waals surface area contributed by atoms with Gasteiger partial charge in [-0.15, -0.1) is 0 Å². The van der Waals surface area contributed by atoms with Crippen LogP contribution in [-0.2, 0) is 14.3 Å². The van der Waals surface area contributed by atoms with E-state index in [1.54, 1.807) is 20.8 Å². The van der Waals surface area contributed by atoms with Crippen LogP contribution in [0.15, 0.2) is 0 Å². The highest BCUT2D eigenvalue weighted by Gasteiger charge is 2.31. The third kappa shape index (κ3) is 5.58. The quantitative estimate of drug-likeness (QED) is 0.594.